The quantitative estimate of drug-likeness (QED) is 0.479. The Hall–Kier alpha value is 0.720. The van der Waals surface area contributed by atoms with Crippen molar-refractivity contribution in [1.29, 1.82) is 0 Å². The summed E-state index contributed by atoms with van der Waals surface area (Å²) in [6, 6.07) is 0. The molecule has 0 heterocycles. The molecule has 8 heteroatoms. The molecule has 0 saturated carbocycles. The van der Waals surface area contributed by atoms with Gasteiger partial charge in [0.05, 0.1) is 45.7 Å². The number of hydrogen-bond acceptors (Lipinski definition) is 6. The second-order valence-electron chi connectivity index (χ2n) is 2.63. The lowest BCUT2D eigenvalue weighted by molar-refractivity contribution is -0.109. The number of halogens is 2. The van der Waals surface area contributed by atoms with Crippen molar-refractivity contribution in [1.82, 2.24) is 0 Å². The summed E-state index contributed by atoms with van der Waals surface area (Å²) in [5.41, 5.74) is 0. The van der Waals surface area contributed by atoms with E-state index in [9.17, 15) is 10.2 Å². The molecule has 86 valence electrons. The van der Waals surface area contributed by atoms with Crippen LogP contribution in [0.2, 0.25) is 0 Å². The number of aliphatic hydroxyl groups excluding tert-OH is 4. The van der Waals surface area contributed by atoms with Gasteiger partial charge in [0, 0.05) is 0 Å². The molecule has 0 aromatic rings. The van der Waals surface area contributed by atoms with Crippen LogP contribution in [0.3, 0.4) is 0 Å². The first-order valence-corrected chi connectivity index (χ1v) is 5.04. The maximum atomic E-state index is 9.43. The van der Waals surface area contributed by atoms with Crippen LogP contribution in [0.5, 0.6) is 0 Å². The van der Waals surface area contributed by atoms with E-state index in [0.29, 0.717) is 0 Å². The van der Waals surface area contributed by atoms with Crippen LogP contribution in [0.1, 0.15) is 0 Å². The van der Waals surface area contributed by atoms with E-state index in [1.54, 1.807) is 0 Å². The SMILES string of the molecule is OC[C@@H](O)[C@@H](O)[C@H](O)[C@@H](COBr)OBr. The van der Waals surface area contributed by atoms with Crippen LogP contribution < -0.4 is 0 Å². The number of rotatable bonds is 7. The first-order valence-electron chi connectivity index (χ1n) is 3.74. The first-order chi connectivity index (χ1) is 6.58. The lowest BCUT2D eigenvalue weighted by Crippen LogP contribution is -2.47. The van der Waals surface area contributed by atoms with E-state index >= 15 is 0 Å². The van der Waals surface area contributed by atoms with Gasteiger partial charge >= 0.3 is 0 Å². The normalized spacial score (nSPS) is 20.1. The predicted octanol–water partition coefficient (Wildman–Crippen LogP) is -0.917. The average Bonchev–Trinajstić information content (AvgIpc) is 2.22. The fraction of sp³-hybridized carbons (Fsp3) is 1.00. The third-order valence-corrected chi connectivity index (χ3v) is 2.40. The Kier molecular flexibility index (Phi) is 8.35. The molecule has 0 rings (SSSR count). The minimum absolute atomic E-state index is 0.0401. The molecule has 4 N–H and O–H groups in total. The highest BCUT2D eigenvalue weighted by molar-refractivity contribution is 9.06. The van der Waals surface area contributed by atoms with Gasteiger partial charge in [0.15, 0.2) is 0 Å². The molecule has 14 heavy (non-hydrogen) atoms. The van der Waals surface area contributed by atoms with Crippen molar-refractivity contribution in [3.8, 4) is 0 Å². The van der Waals surface area contributed by atoms with Crippen molar-refractivity contribution >= 4 is 32.5 Å². The minimum atomic E-state index is -1.51. The highest BCUT2D eigenvalue weighted by Gasteiger charge is 2.31. The fourth-order valence-corrected chi connectivity index (χ4v) is 1.38. The molecule has 6 nitrogen and oxygen atoms in total. The highest BCUT2D eigenvalue weighted by Crippen LogP contribution is 2.12. The molecule has 0 fully saturated rings. The smallest absolute Gasteiger partial charge is 0.125 e. The molecule has 0 saturated heterocycles. The maximum Gasteiger partial charge on any atom is 0.125 e. The Bertz CT molecular complexity index is 146. The molecule has 0 aromatic carbocycles. The van der Waals surface area contributed by atoms with E-state index in [4.69, 9.17) is 10.2 Å². The van der Waals surface area contributed by atoms with Gasteiger partial charge < -0.3 is 24.3 Å². The van der Waals surface area contributed by atoms with Gasteiger partial charge in [-0.1, -0.05) is 0 Å². The lowest BCUT2D eigenvalue weighted by atomic mass is 10.0. The molecule has 0 bridgehead atoms. The van der Waals surface area contributed by atoms with Crippen LogP contribution in [0.15, 0.2) is 0 Å². The highest BCUT2D eigenvalue weighted by atomic mass is 79.9. The third-order valence-electron chi connectivity index (χ3n) is 1.65. The summed E-state index contributed by atoms with van der Waals surface area (Å²) in [5, 5.41) is 36.3. The first kappa shape index (κ1) is 14.7. The molecule has 0 radical (unpaired) electrons. The molecular weight excluding hydrogens is 328 g/mol. The van der Waals surface area contributed by atoms with Crippen LogP contribution >= 0.6 is 32.5 Å². The van der Waals surface area contributed by atoms with Crippen molar-refractivity contribution < 1.29 is 28.1 Å². The van der Waals surface area contributed by atoms with E-state index in [1.807, 2.05) is 0 Å². The van der Waals surface area contributed by atoms with Gasteiger partial charge in [-0.25, -0.2) is 0 Å². The van der Waals surface area contributed by atoms with Gasteiger partial charge in [0.2, 0.25) is 0 Å². The maximum absolute atomic E-state index is 9.43. The molecule has 0 aliphatic carbocycles. The van der Waals surface area contributed by atoms with E-state index < -0.39 is 31.0 Å². The summed E-state index contributed by atoms with van der Waals surface area (Å²) < 4.78 is 9.14. The zero-order valence-corrected chi connectivity index (χ0v) is 10.3. The van der Waals surface area contributed by atoms with Crippen LogP contribution in [-0.4, -0.2) is 58.1 Å². The Balaban J connectivity index is 4.17. The standard InChI is InChI=1S/C6H12Br2O6/c7-13-2-4(14-8)6(12)5(11)3(10)1-9/h3-6,9-12H,1-2H2/t3-,4-,5-,6-/m1/s1. The van der Waals surface area contributed by atoms with Crippen LogP contribution in [0.25, 0.3) is 0 Å². The molecule has 0 aromatic heterocycles. The molecule has 0 spiro atoms. The molecule has 0 unspecified atom stereocenters. The Morgan fingerprint density at radius 1 is 1.07 bits per heavy atom. The monoisotopic (exact) mass is 338 g/mol. The second-order valence-corrected chi connectivity index (χ2v) is 3.47. The van der Waals surface area contributed by atoms with Gasteiger partial charge in [-0.05, 0) is 0 Å². The van der Waals surface area contributed by atoms with Crippen LogP contribution in [0.4, 0.5) is 0 Å². The zero-order chi connectivity index (χ0) is 11.1. The van der Waals surface area contributed by atoms with Crippen molar-refractivity contribution in [3.63, 3.8) is 0 Å². The summed E-state index contributed by atoms with van der Waals surface area (Å²) in [6.07, 6.45) is -5.18. The number of aliphatic hydroxyl groups is 4. The minimum Gasteiger partial charge on any atom is -0.394 e. The Labute approximate surface area is 98.4 Å². The van der Waals surface area contributed by atoms with Crippen LogP contribution in [-0.2, 0) is 7.66 Å². The summed E-state index contributed by atoms with van der Waals surface area (Å²) in [5.74, 6) is 0. The van der Waals surface area contributed by atoms with E-state index in [-0.39, 0.29) is 6.61 Å². The van der Waals surface area contributed by atoms with E-state index in [0.717, 1.165) is 0 Å². The predicted molar refractivity (Wildman–Crippen MR) is 53.8 cm³/mol. The second kappa shape index (κ2) is 7.94. The number of hydrogen-bond donors (Lipinski definition) is 4. The Morgan fingerprint density at radius 2 is 1.64 bits per heavy atom. The summed E-state index contributed by atoms with van der Waals surface area (Å²) in [4.78, 5) is 0. The zero-order valence-electron chi connectivity index (χ0n) is 7.08. The van der Waals surface area contributed by atoms with Gasteiger partial charge in [-0.2, -0.15) is 0 Å². The largest absolute Gasteiger partial charge is 0.394 e. The third kappa shape index (κ3) is 4.49. The average molecular weight is 340 g/mol. The van der Waals surface area contributed by atoms with Gasteiger partial charge in [0.25, 0.3) is 0 Å². The molecule has 0 aliphatic heterocycles. The van der Waals surface area contributed by atoms with Crippen molar-refractivity contribution in [3.05, 3.63) is 0 Å². The summed E-state index contributed by atoms with van der Waals surface area (Å²) in [6.45, 7) is -0.690. The van der Waals surface area contributed by atoms with Crippen molar-refractivity contribution in [2.75, 3.05) is 13.2 Å². The van der Waals surface area contributed by atoms with E-state index in [1.165, 1.54) is 0 Å². The topological polar surface area (TPSA) is 99.4 Å². The summed E-state index contributed by atoms with van der Waals surface area (Å²) in [7, 11) is 0. The lowest BCUT2D eigenvalue weighted by Gasteiger charge is -2.26. The van der Waals surface area contributed by atoms with Gasteiger partial charge in [-0.3, -0.25) is 3.83 Å². The van der Waals surface area contributed by atoms with Gasteiger partial charge in [0.1, 0.15) is 24.4 Å². The van der Waals surface area contributed by atoms with Crippen molar-refractivity contribution in [2.45, 2.75) is 24.4 Å². The Morgan fingerprint density at radius 3 is 2.00 bits per heavy atom. The van der Waals surface area contributed by atoms with E-state index in [2.05, 4.69) is 40.2 Å². The molecule has 4 atom stereocenters. The molecular formula is C6H12Br2O6. The summed E-state index contributed by atoms with van der Waals surface area (Å²) >= 11 is 5.30. The molecule has 0 aliphatic rings. The van der Waals surface area contributed by atoms with Gasteiger partial charge in [-0.15, -0.1) is 0 Å². The molecule has 0 amide bonds. The van der Waals surface area contributed by atoms with Crippen molar-refractivity contribution in [2.24, 2.45) is 0 Å². The van der Waals surface area contributed by atoms with Crippen LogP contribution in [0, 0.1) is 0 Å². The fourth-order valence-electron chi connectivity index (χ4n) is 0.795.